The van der Waals surface area contributed by atoms with E-state index in [0.29, 0.717) is 12.2 Å². The molecule has 1 saturated heterocycles. The first kappa shape index (κ1) is 3.51. The van der Waals surface area contributed by atoms with Gasteiger partial charge in [0.25, 0.3) is 0 Å². The highest BCUT2D eigenvalue weighted by molar-refractivity contribution is 5.13. The standard InChI is InChI=1S/C6H6O/c1-2-4-6-5(3-1)7-6/h5-6H,3-4H2. The Morgan fingerprint density at radius 2 is 1.71 bits per heavy atom. The van der Waals surface area contributed by atoms with Crippen molar-refractivity contribution in [3.63, 3.8) is 0 Å². The van der Waals surface area contributed by atoms with Crippen LogP contribution >= 0.6 is 0 Å². The minimum Gasteiger partial charge on any atom is -0.368 e. The van der Waals surface area contributed by atoms with E-state index in [1.807, 2.05) is 0 Å². The van der Waals surface area contributed by atoms with Gasteiger partial charge in [-0.3, -0.25) is 0 Å². The molecule has 0 aromatic heterocycles. The molecule has 7 heavy (non-hydrogen) atoms. The van der Waals surface area contributed by atoms with E-state index >= 15 is 0 Å². The maximum Gasteiger partial charge on any atom is 0.0960 e. The van der Waals surface area contributed by atoms with Gasteiger partial charge in [-0.15, -0.1) is 11.8 Å². The normalized spacial score (nSPS) is 43.4. The van der Waals surface area contributed by atoms with Crippen molar-refractivity contribution in [1.82, 2.24) is 0 Å². The predicted molar refractivity (Wildman–Crippen MR) is 25.7 cm³/mol. The van der Waals surface area contributed by atoms with Crippen LogP contribution in [0.4, 0.5) is 0 Å². The van der Waals surface area contributed by atoms with Crippen molar-refractivity contribution in [3.05, 3.63) is 0 Å². The van der Waals surface area contributed by atoms with E-state index < -0.39 is 0 Å². The molecular formula is C6H6O. The highest BCUT2D eigenvalue weighted by atomic mass is 16.6. The van der Waals surface area contributed by atoms with Crippen molar-refractivity contribution in [2.75, 3.05) is 0 Å². The van der Waals surface area contributed by atoms with E-state index in [4.69, 9.17) is 4.74 Å². The molecule has 1 fully saturated rings. The van der Waals surface area contributed by atoms with Crippen LogP contribution in [-0.4, -0.2) is 12.2 Å². The second-order valence-corrected chi connectivity index (χ2v) is 1.97. The number of ether oxygens (including phenoxy) is 1. The van der Waals surface area contributed by atoms with Crippen molar-refractivity contribution >= 4 is 0 Å². The number of hydrogen-bond acceptors (Lipinski definition) is 1. The summed E-state index contributed by atoms with van der Waals surface area (Å²) in [6, 6.07) is 0. The van der Waals surface area contributed by atoms with E-state index in [1.165, 1.54) is 0 Å². The molecule has 1 aliphatic heterocycles. The first-order valence-corrected chi connectivity index (χ1v) is 2.58. The molecule has 0 saturated carbocycles. The highest BCUT2D eigenvalue weighted by Gasteiger charge is 2.38. The third-order valence-corrected chi connectivity index (χ3v) is 1.42. The number of rotatable bonds is 0. The molecule has 36 valence electrons. The zero-order valence-electron chi connectivity index (χ0n) is 3.98. The molecule has 1 aliphatic carbocycles. The molecular weight excluding hydrogens is 88.1 g/mol. The fraction of sp³-hybridized carbons (Fsp3) is 0.667. The largest absolute Gasteiger partial charge is 0.368 e. The second-order valence-electron chi connectivity index (χ2n) is 1.97. The average molecular weight is 94.1 g/mol. The molecule has 2 aliphatic rings. The van der Waals surface area contributed by atoms with Crippen LogP contribution < -0.4 is 0 Å². The molecule has 0 aromatic carbocycles. The van der Waals surface area contributed by atoms with E-state index in [-0.39, 0.29) is 0 Å². The van der Waals surface area contributed by atoms with Gasteiger partial charge in [0.05, 0.1) is 12.2 Å². The number of epoxide rings is 1. The van der Waals surface area contributed by atoms with Gasteiger partial charge in [-0.2, -0.15) is 0 Å². The average Bonchev–Trinajstić information content (AvgIpc) is 2.41. The van der Waals surface area contributed by atoms with Gasteiger partial charge < -0.3 is 4.74 Å². The van der Waals surface area contributed by atoms with Gasteiger partial charge >= 0.3 is 0 Å². The first-order valence-electron chi connectivity index (χ1n) is 2.58. The van der Waals surface area contributed by atoms with Crippen LogP contribution in [0.15, 0.2) is 0 Å². The molecule has 2 atom stereocenters. The Morgan fingerprint density at radius 3 is 2.14 bits per heavy atom. The summed E-state index contributed by atoms with van der Waals surface area (Å²) in [6.45, 7) is 0. The van der Waals surface area contributed by atoms with Gasteiger partial charge in [-0.1, -0.05) is 0 Å². The molecule has 0 bridgehead atoms. The van der Waals surface area contributed by atoms with Crippen LogP contribution in [0.5, 0.6) is 0 Å². The Labute approximate surface area is 42.7 Å². The number of fused-ring (bicyclic) bond motifs is 1. The topological polar surface area (TPSA) is 12.5 Å². The molecule has 0 N–H and O–H groups in total. The molecule has 2 rings (SSSR count). The third-order valence-electron chi connectivity index (χ3n) is 1.42. The zero-order valence-corrected chi connectivity index (χ0v) is 3.98. The fourth-order valence-corrected chi connectivity index (χ4v) is 0.884. The van der Waals surface area contributed by atoms with Crippen molar-refractivity contribution in [3.8, 4) is 11.8 Å². The molecule has 1 heterocycles. The Morgan fingerprint density at radius 1 is 1.14 bits per heavy atom. The number of hydrogen-bond donors (Lipinski definition) is 0. The van der Waals surface area contributed by atoms with Gasteiger partial charge in [0.2, 0.25) is 0 Å². The van der Waals surface area contributed by atoms with Gasteiger partial charge in [-0.05, 0) is 0 Å². The Bertz CT molecular complexity index is 126. The van der Waals surface area contributed by atoms with Gasteiger partial charge in [0.1, 0.15) is 0 Å². The zero-order chi connectivity index (χ0) is 4.69. The van der Waals surface area contributed by atoms with Gasteiger partial charge in [0.15, 0.2) is 0 Å². The lowest BCUT2D eigenvalue weighted by molar-refractivity contribution is 0.377. The molecule has 0 aromatic rings. The van der Waals surface area contributed by atoms with E-state index in [0.717, 1.165) is 12.8 Å². The summed E-state index contributed by atoms with van der Waals surface area (Å²) in [5, 5.41) is 0. The molecule has 1 heteroatoms. The van der Waals surface area contributed by atoms with Crippen LogP contribution in [0.25, 0.3) is 0 Å². The van der Waals surface area contributed by atoms with Crippen LogP contribution in [-0.2, 0) is 4.74 Å². The quantitative estimate of drug-likeness (QED) is 0.315. The van der Waals surface area contributed by atoms with Crippen LogP contribution in [0.2, 0.25) is 0 Å². The fourth-order valence-electron chi connectivity index (χ4n) is 0.884. The molecule has 1 nitrogen and oxygen atoms in total. The third kappa shape index (κ3) is 0.436. The van der Waals surface area contributed by atoms with Crippen LogP contribution in [0.3, 0.4) is 0 Å². The van der Waals surface area contributed by atoms with Crippen LogP contribution in [0.1, 0.15) is 12.8 Å². The first-order chi connectivity index (χ1) is 3.47. The minimum atomic E-state index is 0.529. The smallest absolute Gasteiger partial charge is 0.0960 e. The van der Waals surface area contributed by atoms with Crippen molar-refractivity contribution in [2.45, 2.75) is 25.0 Å². The Hall–Kier alpha value is -0.480. The highest BCUT2D eigenvalue weighted by Crippen LogP contribution is 2.29. The summed E-state index contributed by atoms with van der Waals surface area (Å²) in [6.07, 6.45) is 3.01. The van der Waals surface area contributed by atoms with E-state index in [2.05, 4.69) is 11.8 Å². The van der Waals surface area contributed by atoms with Gasteiger partial charge in [0, 0.05) is 12.8 Å². The lowest BCUT2D eigenvalue weighted by Crippen LogP contribution is -1.94. The minimum absolute atomic E-state index is 0.529. The van der Waals surface area contributed by atoms with Crippen molar-refractivity contribution in [2.24, 2.45) is 0 Å². The Kier molecular flexibility index (Phi) is 0.511. The second kappa shape index (κ2) is 1.02. The summed E-state index contributed by atoms with van der Waals surface area (Å²) < 4.78 is 5.15. The maximum absolute atomic E-state index is 5.15. The maximum atomic E-state index is 5.15. The summed E-state index contributed by atoms with van der Waals surface area (Å²) in [4.78, 5) is 0. The SMILES string of the molecule is C1#CCC2OC2C1. The van der Waals surface area contributed by atoms with Crippen molar-refractivity contribution < 1.29 is 4.74 Å². The van der Waals surface area contributed by atoms with E-state index in [9.17, 15) is 0 Å². The molecule has 0 radical (unpaired) electrons. The predicted octanol–water partition coefficient (Wildman–Crippen LogP) is 0.551. The van der Waals surface area contributed by atoms with E-state index in [1.54, 1.807) is 0 Å². The lowest BCUT2D eigenvalue weighted by Gasteiger charge is -1.86. The monoisotopic (exact) mass is 94.0 g/mol. The molecule has 0 amide bonds. The van der Waals surface area contributed by atoms with Crippen LogP contribution in [0, 0.1) is 11.8 Å². The summed E-state index contributed by atoms with van der Waals surface area (Å²) in [7, 11) is 0. The Balaban J connectivity index is 2.16. The lowest BCUT2D eigenvalue weighted by atomic mass is 10.1. The van der Waals surface area contributed by atoms with Crippen molar-refractivity contribution in [1.29, 1.82) is 0 Å². The summed E-state index contributed by atoms with van der Waals surface area (Å²) in [5.74, 6) is 6.00. The van der Waals surface area contributed by atoms with Gasteiger partial charge in [-0.25, -0.2) is 0 Å². The molecule has 2 unspecified atom stereocenters. The summed E-state index contributed by atoms with van der Waals surface area (Å²) >= 11 is 0. The molecule has 0 spiro atoms. The summed E-state index contributed by atoms with van der Waals surface area (Å²) in [5.41, 5.74) is 0.